The normalized spacial score (nSPS) is 11.2. The van der Waals surface area contributed by atoms with Gasteiger partial charge in [0, 0.05) is 11.6 Å². The van der Waals surface area contributed by atoms with Gasteiger partial charge in [-0.1, -0.05) is 32.8 Å². The van der Waals surface area contributed by atoms with Crippen LogP contribution in [0.2, 0.25) is 0 Å². The highest BCUT2D eigenvalue weighted by Crippen LogP contribution is 2.18. The van der Waals surface area contributed by atoms with E-state index in [0.29, 0.717) is 0 Å². The number of aromatic nitrogens is 2. The minimum Gasteiger partial charge on any atom is -0.244 e. The van der Waals surface area contributed by atoms with Crippen LogP contribution in [-0.2, 0) is 6.42 Å². The first kappa shape index (κ1) is 11.1. The molecule has 0 radical (unpaired) electrons. The molecule has 0 aliphatic carbocycles. The fourth-order valence-corrected chi connectivity index (χ4v) is 2.07. The van der Waals surface area contributed by atoms with E-state index in [4.69, 9.17) is 0 Å². The lowest BCUT2D eigenvalue weighted by Gasteiger charge is -2.12. The molecule has 0 saturated heterocycles. The van der Waals surface area contributed by atoms with Gasteiger partial charge in [0.25, 0.3) is 0 Å². The van der Waals surface area contributed by atoms with E-state index in [1.807, 2.05) is 6.20 Å². The molecule has 0 atom stereocenters. The largest absolute Gasteiger partial charge is 0.244 e. The molecule has 0 saturated carbocycles. The van der Waals surface area contributed by atoms with Gasteiger partial charge < -0.3 is 0 Å². The van der Waals surface area contributed by atoms with Crippen LogP contribution < -0.4 is 0 Å². The van der Waals surface area contributed by atoms with Crippen LogP contribution in [0.15, 0.2) is 30.7 Å². The summed E-state index contributed by atoms with van der Waals surface area (Å²) < 4.78 is 0. The maximum Gasteiger partial charge on any atom is 0.116 e. The minimum absolute atomic E-state index is 0.794. The maximum absolute atomic E-state index is 4.23. The van der Waals surface area contributed by atoms with Gasteiger partial charge in [0.05, 0.1) is 5.52 Å². The minimum atomic E-state index is 0.794. The quantitative estimate of drug-likeness (QED) is 0.777. The molecule has 2 heteroatoms. The van der Waals surface area contributed by atoms with E-state index in [1.165, 1.54) is 18.4 Å². The molecule has 0 fully saturated rings. The van der Waals surface area contributed by atoms with Gasteiger partial charge in [-0.25, -0.2) is 9.97 Å². The molecule has 2 rings (SSSR count). The van der Waals surface area contributed by atoms with Crippen molar-refractivity contribution in [1.29, 1.82) is 0 Å². The van der Waals surface area contributed by atoms with Crippen LogP contribution in [0.25, 0.3) is 10.9 Å². The van der Waals surface area contributed by atoms with Crippen LogP contribution >= 0.6 is 0 Å². The summed E-state index contributed by atoms with van der Waals surface area (Å²) in [6.45, 7) is 4.52. The molecule has 1 heterocycles. The third-order valence-corrected chi connectivity index (χ3v) is 3.25. The molecule has 0 amide bonds. The highest BCUT2D eigenvalue weighted by atomic mass is 14.8. The fraction of sp³-hybridized carbons (Fsp3) is 0.429. The van der Waals surface area contributed by atoms with Crippen LogP contribution in [0.5, 0.6) is 0 Å². The van der Waals surface area contributed by atoms with Gasteiger partial charge in [-0.15, -0.1) is 0 Å². The van der Waals surface area contributed by atoms with Crippen molar-refractivity contribution in [2.45, 2.75) is 33.1 Å². The predicted molar refractivity (Wildman–Crippen MR) is 67.3 cm³/mol. The Bertz CT molecular complexity index is 461. The standard InChI is InChI=1S/C14H18N2/c1-3-11(4-2)7-12-5-6-14-13(8-12)9-15-10-16-14/h5-6,8-11H,3-4,7H2,1-2H3. The van der Waals surface area contributed by atoms with Crippen molar-refractivity contribution in [2.24, 2.45) is 5.92 Å². The van der Waals surface area contributed by atoms with Crippen molar-refractivity contribution in [3.8, 4) is 0 Å². The van der Waals surface area contributed by atoms with E-state index in [0.717, 1.165) is 23.2 Å². The lowest BCUT2D eigenvalue weighted by Crippen LogP contribution is -2.01. The summed E-state index contributed by atoms with van der Waals surface area (Å²) in [7, 11) is 0. The monoisotopic (exact) mass is 214 g/mol. The fourth-order valence-electron chi connectivity index (χ4n) is 2.07. The van der Waals surface area contributed by atoms with Crippen molar-refractivity contribution in [3.05, 3.63) is 36.3 Å². The Morgan fingerprint density at radius 3 is 2.75 bits per heavy atom. The topological polar surface area (TPSA) is 25.8 Å². The van der Waals surface area contributed by atoms with Crippen LogP contribution in [0.4, 0.5) is 0 Å². The van der Waals surface area contributed by atoms with E-state index < -0.39 is 0 Å². The Morgan fingerprint density at radius 1 is 1.19 bits per heavy atom. The molecular weight excluding hydrogens is 196 g/mol. The number of hydrogen-bond acceptors (Lipinski definition) is 2. The van der Waals surface area contributed by atoms with Crippen molar-refractivity contribution in [1.82, 2.24) is 9.97 Å². The van der Waals surface area contributed by atoms with E-state index in [-0.39, 0.29) is 0 Å². The Kier molecular flexibility index (Phi) is 3.50. The second-order valence-corrected chi connectivity index (χ2v) is 4.30. The zero-order valence-electron chi connectivity index (χ0n) is 9.98. The predicted octanol–water partition coefficient (Wildman–Crippen LogP) is 3.61. The lowest BCUT2D eigenvalue weighted by molar-refractivity contribution is 0.491. The van der Waals surface area contributed by atoms with E-state index in [1.54, 1.807) is 6.33 Å². The molecule has 0 aliphatic rings. The molecule has 0 aliphatic heterocycles. The number of nitrogens with zero attached hydrogens (tertiary/aromatic N) is 2. The smallest absolute Gasteiger partial charge is 0.116 e. The zero-order valence-corrected chi connectivity index (χ0v) is 9.98. The van der Waals surface area contributed by atoms with Crippen molar-refractivity contribution in [2.75, 3.05) is 0 Å². The third kappa shape index (κ3) is 2.38. The molecule has 1 aromatic carbocycles. The van der Waals surface area contributed by atoms with Crippen molar-refractivity contribution in [3.63, 3.8) is 0 Å². The summed E-state index contributed by atoms with van der Waals surface area (Å²) in [5, 5.41) is 1.14. The van der Waals surface area contributed by atoms with E-state index in [9.17, 15) is 0 Å². The average molecular weight is 214 g/mol. The summed E-state index contributed by atoms with van der Waals surface area (Å²) in [5.41, 5.74) is 2.43. The highest BCUT2D eigenvalue weighted by Gasteiger charge is 2.05. The first-order valence-electron chi connectivity index (χ1n) is 6.02. The zero-order chi connectivity index (χ0) is 11.4. The summed E-state index contributed by atoms with van der Waals surface area (Å²) in [6.07, 6.45) is 7.15. The molecule has 2 nitrogen and oxygen atoms in total. The van der Waals surface area contributed by atoms with Crippen molar-refractivity contribution >= 4 is 10.9 Å². The SMILES string of the molecule is CCC(CC)Cc1ccc2ncncc2c1. The second-order valence-electron chi connectivity index (χ2n) is 4.30. The number of benzene rings is 1. The van der Waals surface area contributed by atoms with Gasteiger partial charge in [0.15, 0.2) is 0 Å². The van der Waals surface area contributed by atoms with E-state index in [2.05, 4.69) is 42.0 Å². The average Bonchev–Trinajstić information content (AvgIpc) is 2.35. The van der Waals surface area contributed by atoms with E-state index >= 15 is 0 Å². The summed E-state index contributed by atoms with van der Waals surface area (Å²) >= 11 is 0. The molecule has 2 aromatic rings. The second kappa shape index (κ2) is 5.06. The van der Waals surface area contributed by atoms with Crippen LogP contribution in [0.3, 0.4) is 0 Å². The van der Waals surface area contributed by atoms with Crippen LogP contribution in [0.1, 0.15) is 32.3 Å². The Labute approximate surface area is 96.7 Å². The van der Waals surface area contributed by atoms with Crippen LogP contribution in [0, 0.1) is 5.92 Å². The van der Waals surface area contributed by atoms with Gasteiger partial charge in [-0.3, -0.25) is 0 Å². The highest BCUT2D eigenvalue weighted by molar-refractivity contribution is 5.77. The van der Waals surface area contributed by atoms with Gasteiger partial charge >= 0.3 is 0 Å². The Balaban J connectivity index is 2.25. The molecule has 84 valence electrons. The number of fused-ring (bicyclic) bond motifs is 1. The van der Waals surface area contributed by atoms with Crippen molar-refractivity contribution < 1.29 is 0 Å². The van der Waals surface area contributed by atoms with Crippen LogP contribution in [-0.4, -0.2) is 9.97 Å². The lowest BCUT2D eigenvalue weighted by atomic mass is 9.94. The summed E-state index contributed by atoms with van der Waals surface area (Å²) in [4.78, 5) is 8.29. The molecular formula is C14H18N2. The maximum atomic E-state index is 4.23. The molecule has 1 aromatic heterocycles. The first-order valence-corrected chi connectivity index (χ1v) is 6.02. The Morgan fingerprint density at radius 2 is 2.00 bits per heavy atom. The van der Waals surface area contributed by atoms with Gasteiger partial charge in [-0.2, -0.15) is 0 Å². The number of rotatable bonds is 4. The Hall–Kier alpha value is -1.44. The van der Waals surface area contributed by atoms with Gasteiger partial charge in [0.1, 0.15) is 6.33 Å². The van der Waals surface area contributed by atoms with Gasteiger partial charge in [0.2, 0.25) is 0 Å². The molecule has 0 unspecified atom stereocenters. The molecule has 16 heavy (non-hydrogen) atoms. The molecule has 0 N–H and O–H groups in total. The molecule has 0 bridgehead atoms. The van der Waals surface area contributed by atoms with Gasteiger partial charge in [-0.05, 0) is 30.0 Å². The molecule has 0 spiro atoms. The third-order valence-electron chi connectivity index (χ3n) is 3.25. The first-order chi connectivity index (χ1) is 7.83. The summed E-state index contributed by atoms with van der Waals surface area (Å²) in [6, 6.07) is 6.50. The number of hydrogen-bond donors (Lipinski definition) is 0. The summed E-state index contributed by atoms with van der Waals surface area (Å²) in [5.74, 6) is 0.794.